The molecular formula is C6H11NO2. The van der Waals surface area contributed by atoms with Crippen LogP contribution in [0.4, 0.5) is 4.79 Å². The molecule has 3 nitrogen and oxygen atoms in total. The first-order valence-electron chi connectivity index (χ1n) is 2.62. The highest BCUT2D eigenvalue weighted by Crippen LogP contribution is 1.91. The van der Waals surface area contributed by atoms with Crippen molar-refractivity contribution in [3.8, 4) is 0 Å². The maximum absolute atomic E-state index is 10.1. The van der Waals surface area contributed by atoms with E-state index in [0.717, 1.165) is 5.57 Å². The molecule has 0 aromatic rings. The van der Waals surface area contributed by atoms with Gasteiger partial charge in [0.05, 0.1) is 0 Å². The largest absolute Gasteiger partial charge is 0.465 e. The van der Waals surface area contributed by atoms with Gasteiger partial charge >= 0.3 is 6.09 Å². The Morgan fingerprint density at radius 2 is 2.22 bits per heavy atom. The summed E-state index contributed by atoms with van der Waals surface area (Å²) in [6, 6.07) is 0. The summed E-state index contributed by atoms with van der Waals surface area (Å²) in [6.07, 6.45) is -0.919. The molecule has 9 heavy (non-hydrogen) atoms. The zero-order valence-electron chi connectivity index (χ0n) is 5.72. The number of carbonyl (C=O) groups is 1. The maximum atomic E-state index is 10.1. The van der Waals surface area contributed by atoms with Gasteiger partial charge in [-0.25, -0.2) is 4.79 Å². The molecule has 0 saturated heterocycles. The summed E-state index contributed by atoms with van der Waals surface area (Å²) in [5.41, 5.74) is 0.847. The molecular weight excluding hydrogens is 118 g/mol. The van der Waals surface area contributed by atoms with E-state index in [-0.39, 0.29) is 0 Å². The lowest BCUT2D eigenvalue weighted by Gasteiger charge is -2.11. The Balaban J connectivity index is 3.63. The molecule has 0 bridgehead atoms. The molecule has 0 aromatic carbocycles. The Hall–Kier alpha value is -0.990. The summed E-state index contributed by atoms with van der Waals surface area (Å²) < 4.78 is 0. The van der Waals surface area contributed by atoms with Gasteiger partial charge in [0.2, 0.25) is 0 Å². The van der Waals surface area contributed by atoms with Gasteiger partial charge in [-0.05, 0) is 6.92 Å². The van der Waals surface area contributed by atoms with Gasteiger partial charge in [-0.2, -0.15) is 0 Å². The fourth-order valence-corrected chi connectivity index (χ4v) is 0.473. The Labute approximate surface area is 54.6 Å². The van der Waals surface area contributed by atoms with Crippen LogP contribution in [0.3, 0.4) is 0 Å². The first kappa shape index (κ1) is 8.01. The van der Waals surface area contributed by atoms with Gasteiger partial charge in [0.25, 0.3) is 0 Å². The molecule has 0 unspecified atom stereocenters. The smallest absolute Gasteiger partial charge is 0.407 e. The summed E-state index contributed by atoms with van der Waals surface area (Å²) in [5.74, 6) is 0. The summed E-state index contributed by atoms with van der Waals surface area (Å²) >= 11 is 0. The van der Waals surface area contributed by atoms with Gasteiger partial charge in [0.15, 0.2) is 0 Å². The molecule has 0 spiro atoms. The first-order chi connectivity index (χ1) is 4.04. The minimum Gasteiger partial charge on any atom is -0.465 e. The SMILES string of the molecule is C=C(C)CN(C)C(=O)O. The minimum atomic E-state index is -0.919. The summed E-state index contributed by atoms with van der Waals surface area (Å²) in [5, 5.41) is 8.32. The molecule has 0 rings (SSSR count). The van der Waals surface area contributed by atoms with Crippen LogP contribution in [0.15, 0.2) is 12.2 Å². The minimum absolute atomic E-state index is 0.412. The van der Waals surface area contributed by atoms with Gasteiger partial charge in [0, 0.05) is 13.6 Å². The molecule has 0 aliphatic rings. The van der Waals surface area contributed by atoms with Gasteiger partial charge in [-0.15, -0.1) is 0 Å². The van der Waals surface area contributed by atoms with Crippen molar-refractivity contribution in [2.24, 2.45) is 0 Å². The molecule has 0 fully saturated rings. The van der Waals surface area contributed by atoms with Gasteiger partial charge in [0.1, 0.15) is 0 Å². The van der Waals surface area contributed by atoms with Crippen molar-refractivity contribution in [3.05, 3.63) is 12.2 Å². The normalized spacial score (nSPS) is 8.67. The fourth-order valence-electron chi connectivity index (χ4n) is 0.473. The molecule has 0 aromatic heterocycles. The van der Waals surface area contributed by atoms with Crippen molar-refractivity contribution in [2.75, 3.05) is 13.6 Å². The predicted molar refractivity (Wildman–Crippen MR) is 35.5 cm³/mol. The quantitative estimate of drug-likeness (QED) is 0.568. The van der Waals surface area contributed by atoms with Crippen LogP contribution in [0.25, 0.3) is 0 Å². The molecule has 1 amide bonds. The third-order valence-corrected chi connectivity index (χ3v) is 0.834. The lowest BCUT2D eigenvalue weighted by molar-refractivity contribution is 0.159. The second-order valence-corrected chi connectivity index (χ2v) is 2.10. The van der Waals surface area contributed by atoms with E-state index >= 15 is 0 Å². The second kappa shape index (κ2) is 3.12. The van der Waals surface area contributed by atoms with Crippen molar-refractivity contribution < 1.29 is 9.90 Å². The average molecular weight is 129 g/mol. The molecule has 0 heterocycles. The van der Waals surface area contributed by atoms with Gasteiger partial charge in [-0.1, -0.05) is 12.2 Å². The highest BCUT2D eigenvalue weighted by atomic mass is 16.4. The van der Waals surface area contributed by atoms with Crippen molar-refractivity contribution in [1.82, 2.24) is 4.90 Å². The Bertz CT molecular complexity index is 131. The van der Waals surface area contributed by atoms with E-state index in [0.29, 0.717) is 6.54 Å². The zero-order valence-corrected chi connectivity index (χ0v) is 5.72. The number of likely N-dealkylation sites (N-methyl/N-ethyl adjacent to an activating group) is 1. The van der Waals surface area contributed by atoms with E-state index in [1.54, 1.807) is 6.92 Å². The van der Waals surface area contributed by atoms with Crippen molar-refractivity contribution >= 4 is 6.09 Å². The van der Waals surface area contributed by atoms with Crippen LogP contribution in [0.2, 0.25) is 0 Å². The first-order valence-corrected chi connectivity index (χ1v) is 2.62. The van der Waals surface area contributed by atoms with E-state index in [1.807, 2.05) is 0 Å². The molecule has 3 heteroatoms. The Morgan fingerprint density at radius 3 is 2.33 bits per heavy atom. The lowest BCUT2D eigenvalue weighted by Crippen LogP contribution is -2.25. The van der Waals surface area contributed by atoms with Crippen LogP contribution in [-0.2, 0) is 0 Å². The number of hydrogen-bond donors (Lipinski definition) is 1. The number of carboxylic acid groups (broad SMARTS) is 1. The fraction of sp³-hybridized carbons (Fsp3) is 0.500. The van der Waals surface area contributed by atoms with E-state index in [1.165, 1.54) is 11.9 Å². The molecule has 0 saturated carbocycles. The average Bonchev–Trinajstić information content (AvgIpc) is 1.63. The highest BCUT2D eigenvalue weighted by Gasteiger charge is 2.02. The van der Waals surface area contributed by atoms with Gasteiger partial charge < -0.3 is 10.0 Å². The number of rotatable bonds is 2. The third kappa shape index (κ3) is 3.58. The number of hydrogen-bond acceptors (Lipinski definition) is 1. The highest BCUT2D eigenvalue weighted by molar-refractivity contribution is 5.64. The number of nitrogens with zero attached hydrogens (tertiary/aromatic N) is 1. The van der Waals surface area contributed by atoms with E-state index in [4.69, 9.17) is 5.11 Å². The lowest BCUT2D eigenvalue weighted by atomic mass is 10.3. The van der Waals surface area contributed by atoms with Crippen LogP contribution in [0.5, 0.6) is 0 Å². The van der Waals surface area contributed by atoms with Crippen molar-refractivity contribution in [3.63, 3.8) is 0 Å². The van der Waals surface area contributed by atoms with Crippen LogP contribution in [-0.4, -0.2) is 29.7 Å². The Kier molecular flexibility index (Phi) is 2.78. The monoisotopic (exact) mass is 129 g/mol. The zero-order chi connectivity index (χ0) is 7.44. The topological polar surface area (TPSA) is 40.5 Å². The van der Waals surface area contributed by atoms with E-state index < -0.39 is 6.09 Å². The van der Waals surface area contributed by atoms with Crippen LogP contribution >= 0.6 is 0 Å². The molecule has 1 N–H and O–H groups in total. The molecule has 52 valence electrons. The maximum Gasteiger partial charge on any atom is 0.407 e. The molecule has 0 aliphatic heterocycles. The summed E-state index contributed by atoms with van der Waals surface area (Å²) in [4.78, 5) is 11.3. The summed E-state index contributed by atoms with van der Waals surface area (Å²) in [7, 11) is 1.51. The Morgan fingerprint density at radius 1 is 1.78 bits per heavy atom. The van der Waals surface area contributed by atoms with Crippen LogP contribution in [0, 0.1) is 0 Å². The summed E-state index contributed by atoms with van der Waals surface area (Å²) in [6.45, 7) is 5.78. The third-order valence-electron chi connectivity index (χ3n) is 0.834. The van der Waals surface area contributed by atoms with Crippen molar-refractivity contribution in [2.45, 2.75) is 6.92 Å². The molecule has 0 radical (unpaired) electrons. The second-order valence-electron chi connectivity index (χ2n) is 2.10. The molecule has 0 aliphatic carbocycles. The van der Waals surface area contributed by atoms with E-state index in [9.17, 15) is 4.79 Å². The van der Waals surface area contributed by atoms with Gasteiger partial charge in [-0.3, -0.25) is 0 Å². The van der Waals surface area contributed by atoms with E-state index in [2.05, 4.69) is 6.58 Å². The standard InChI is InChI=1S/C6H11NO2/c1-5(2)4-7(3)6(8)9/h1,4H2,2-3H3,(H,8,9). The molecule has 0 atom stereocenters. The van der Waals surface area contributed by atoms with Crippen molar-refractivity contribution in [1.29, 1.82) is 0 Å². The van der Waals surface area contributed by atoms with Crippen LogP contribution < -0.4 is 0 Å². The van der Waals surface area contributed by atoms with Crippen LogP contribution in [0.1, 0.15) is 6.92 Å². The number of amides is 1. The predicted octanol–water partition coefficient (Wildman–Crippen LogP) is 1.17.